The molecule has 0 fully saturated rings. The third kappa shape index (κ3) is 3.24. The number of fused-ring (bicyclic) bond motifs is 1. The minimum atomic E-state index is -4.55. The minimum Gasteiger partial charge on any atom is -0.284 e. The highest BCUT2D eigenvalue weighted by atomic mass is 19.4. The predicted octanol–water partition coefficient (Wildman–Crippen LogP) is 4.85. The summed E-state index contributed by atoms with van der Waals surface area (Å²) in [5.74, 6) is 0. The number of alkyl halides is 3. The van der Waals surface area contributed by atoms with Gasteiger partial charge in [-0.2, -0.15) is 13.2 Å². The van der Waals surface area contributed by atoms with Crippen molar-refractivity contribution in [2.75, 3.05) is 0 Å². The zero-order chi connectivity index (χ0) is 16.3. The Hall–Kier alpha value is -2.04. The SMILES string of the molecule is CC/C=C/n1c(=O)cc(C(F)(F)F)c2cc(CCC)ccc21. The summed E-state index contributed by atoms with van der Waals surface area (Å²) < 4.78 is 41.0. The Balaban J connectivity index is 2.82. The van der Waals surface area contributed by atoms with Crippen molar-refractivity contribution in [1.29, 1.82) is 0 Å². The van der Waals surface area contributed by atoms with Gasteiger partial charge in [-0.1, -0.05) is 32.4 Å². The topological polar surface area (TPSA) is 22.0 Å². The molecule has 0 spiro atoms. The Morgan fingerprint density at radius 3 is 2.50 bits per heavy atom. The lowest BCUT2D eigenvalue weighted by Gasteiger charge is -2.14. The first-order chi connectivity index (χ1) is 10.4. The van der Waals surface area contributed by atoms with Crippen LogP contribution in [0.15, 0.2) is 35.1 Å². The lowest BCUT2D eigenvalue weighted by molar-refractivity contribution is -0.136. The van der Waals surface area contributed by atoms with Crippen LogP contribution in [-0.2, 0) is 12.6 Å². The average molecular weight is 309 g/mol. The maximum atomic E-state index is 13.2. The van der Waals surface area contributed by atoms with Crippen LogP contribution in [0.2, 0.25) is 0 Å². The van der Waals surface area contributed by atoms with Crippen LogP contribution in [0.5, 0.6) is 0 Å². The van der Waals surface area contributed by atoms with E-state index in [-0.39, 0.29) is 10.9 Å². The fourth-order valence-corrected chi connectivity index (χ4v) is 2.44. The highest BCUT2D eigenvalue weighted by molar-refractivity contribution is 5.85. The van der Waals surface area contributed by atoms with E-state index in [2.05, 4.69) is 0 Å². The number of nitrogens with zero attached hydrogens (tertiary/aromatic N) is 1. The summed E-state index contributed by atoms with van der Waals surface area (Å²) in [6, 6.07) is 5.59. The molecule has 0 bridgehead atoms. The van der Waals surface area contributed by atoms with Crippen molar-refractivity contribution in [3.05, 3.63) is 51.8 Å². The van der Waals surface area contributed by atoms with Gasteiger partial charge in [-0.25, -0.2) is 0 Å². The lowest BCUT2D eigenvalue weighted by atomic mass is 10.0. The molecule has 22 heavy (non-hydrogen) atoms. The summed E-state index contributed by atoms with van der Waals surface area (Å²) in [5, 5.41) is 0.0683. The number of aromatic nitrogens is 1. The van der Waals surface area contributed by atoms with Gasteiger partial charge >= 0.3 is 6.18 Å². The largest absolute Gasteiger partial charge is 0.417 e. The molecule has 2 rings (SSSR count). The Morgan fingerprint density at radius 2 is 1.91 bits per heavy atom. The molecule has 1 heterocycles. The number of aryl methyl sites for hydroxylation is 1. The monoisotopic (exact) mass is 309 g/mol. The fraction of sp³-hybridized carbons (Fsp3) is 0.353. The first kappa shape index (κ1) is 16.3. The maximum absolute atomic E-state index is 13.2. The molecule has 5 heteroatoms. The van der Waals surface area contributed by atoms with E-state index in [1.165, 1.54) is 16.8 Å². The van der Waals surface area contributed by atoms with Gasteiger partial charge in [-0.15, -0.1) is 0 Å². The summed E-state index contributed by atoms with van der Waals surface area (Å²) in [7, 11) is 0. The molecule has 0 N–H and O–H groups in total. The van der Waals surface area contributed by atoms with E-state index in [4.69, 9.17) is 0 Å². The zero-order valence-corrected chi connectivity index (χ0v) is 12.6. The molecule has 2 nitrogen and oxygen atoms in total. The number of rotatable bonds is 4. The molecule has 1 aromatic heterocycles. The molecular formula is C17H18F3NO. The van der Waals surface area contributed by atoms with Crippen LogP contribution in [0, 0.1) is 0 Å². The van der Waals surface area contributed by atoms with E-state index in [1.807, 2.05) is 13.8 Å². The smallest absolute Gasteiger partial charge is 0.284 e. The van der Waals surface area contributed by atoms with Crippen LogP contribution in [0.4, 0.5) is 13.2 Å². The molecule has 0 amide bonds. The van der Waals surface area contributed by atoms with Gasteiger partial charge in [0.2, 0.25) is 0 Å². The third-order valence-electron chi connectivity index (χ3n) is 3.45. The maximum Gasteiger partial charge on any atom is 0.417 e. The molecule has 0 aliphatic carbocycles. The first-order valence-corrected chi connectivity index (χ1v) is 7.30. The molecule has 0 saturated carbocycles. The van der Waals surface area contributed by atoms with Crippen molar-refractivity contribution in [3.63, 3.8) is 0 Å². The van der Waals surface area contributed by atoms with E-state index in [9.17, 15) is 18.0 Å². The third-order valence-corrected chi connectivity index (χ3v) is 3.45. The molecule has 118 valence electrons. The standard InChI is InChI=1S/C17H18F3NO/c1-3-5-9-21-15-8-7-12(6-4-2)10-13(15)14(11-16(21)22)17(18,19)20/h5,7-11H,3-4,6H2,1-2H3/b9-5+. The van der Waals surface area contributed by atoms with Crippen molar-refractivity contribution < 1.29 is 13.2 Å². The van der Waals surface area contributed by atoms with Gasteiger partial charge < -0.3 is 0 Å². The number of hydrogen-bond donors (Lipinski definition) is 0. The number of allylic oxidation sites excluding steroid dienone is 1. The highest BCUT2D eigenvalue weighted by Crippen LogP contribution is 2.34. The first-order valence-electron chi connectivity index (χ1n) is 7.30. The van der Waals surface area contributed by atoms with Crippen LogP contribution in [0.3, 0.4) is 0 Å². The van der Waals surface area contributed by atoms with E-state index in [0.717, 1.165) is 12.0 Å². The van der Waals surface area contributed by atoms with Crippen molar-refractivity contribution in [2.45, 2.75) is 39.3 Å². The van der Waals surface area contributed by atoms with Gasteiger partial charge in [0.25, 0.3) is 5.56 Å². The summed E-state index contributed by atoms with van der Waals surface area (Å²) >= 11 is 0. The summed E-state index contributed by atoms with van der Waals surface area (Å²) in [6.45, 7) is 3.87. The van der Waals surface area contributed by atoms with Crippen LogP contribution in [0.1, 0.15) is 37.8 Å². The molecule has 0 radical (unpaired) electrons. The van der Waals surface area contributed by atoms with Gasteiger partial charge in [0, 0.05) is 17.7 Å². The van der Waals surface area contributed by atoms with Gasteiger partial charge in [0.05, 0.1) is 11.1 Å². The van der Waals surface area contributed by atoms with Crippen LogP contribution < -0.4 is 5.56 Å². The van der Waals surface area contributed by atoms with E-state index in [0.29, 0.717) is 18.9 Å². The number of pyridine rings is 1. The van der Waals surface area contributed by atoms with Crippen molar-refractivity contribution in [3.8, 4) is 0 Å². The second-order valence-corrected chi connectivity index (χ2v) is 5.16. The van der Waals surface area contributed by atoms with Crippen LogP contribution in [-0.4, -0.2) is 4.57 Å². The quantitative estimate of drug-likeness (QED) is 0.791. The summed E-state index contributed by atoms with van der Waals surface area (Å²) in [4.78, 5) is 12.0. The average Bonchev–Trinajstić information content (AvgIpc) is 2.45. The number of benzene rings is 1. The Bertz CT molecular complexity index is 757. The van der Waals surface area contributed by atoms with Gasteiger partial charge in [-0.3, -0.25) is 9.36 Å². The second kappa shape index (κ2) is 6.38. The molecular weight excluding hydrogens is 291 g/mol. The molecule has 0 aliphatic rings. The van der Waals surface area contributed by atoms with Crippen LogP contribution >= 0.6 is 0 Å². The number of halogens is 3. The van der Waals surface area contributed by atoms with E-state index in [1.54, 1.807) is 18.2 Å². The van der Waals surface area contributed by atoms with E-state index < -0.39 is 17.3 Å². The predicted molar refractivity (Wildman–Crippen MR) is 82.8 cm³/mol. The van der Waals surface area contributed by atoms with E-state index >= 15 is 0 Å². The molecule has 0 saturated heterocycles. The van der Waals surface area contributed by atoms with Gasteiger partial charge in [0.15, 0.2) is 0 Å². The summed E-state index contributed by atoms with van der Waals surface area (Å²) in [5.41, 5.74) is -0.422. The zero-order valence-electron chi connectivity index (χ0n) is 12.6. The van der Waals surface area contributed by atoms with Gasteiger partial charge in [-0.05, 0) is 30.5 Å². The molecule has 1 aromatic carbocycles. The molecule has 0 unspecified atom stereocenters. The second-order valence-electron chi connectivity index (χ2n) is 5.16. The minimum absolute atomic E-state index is 0.0683. The molecule has 0 atom stereocenters. The summed E-state index contributed by atoms with van der Waals surface area (Å²) in [6.07, 6.45) is 0.983. The fourth-order valence-electron chi connectivity index (χ4n) is 2.44. The van der Waals surface area contributed by atoms with Gasteiger partial charge in [0.1, 0.15) is 0 Å². The molecule has 0 aliphatic heterocycles. The Morgan fingerprint density at radius 1 is 1.18 bits per heavy atom. The normalized spacial score (nSPS) is 12.4. The lowest BCUT2D eigenvalue weighted by Crippen LogP contribution is -2.20. The Kier molecular flexibility index (Phi) is 4.74. The highest BCUT2D eigenvalue weighted by Gasteiger charge is 2.33. The molecule has 2 aromatic rings. The van der Waals surface area contributed by atoms with Crippen molar-refractivity contribution in [2.24, 2.45) is 0 Å². The number of hydrogen-bond acceptors (Lipinski definition) is 1. The van der Waals surface area contributed by atoms with Crippen molar-refractivity contribution >= 4 is 17.1 Å². The van der Waals surface area contributed by atoms with Crippen molar-refractivity contribution in [1.82, 2.24) is 4.57 Å². The Labute approximate surface area is 126 Å². The van der Waals surface area contributed by atoms with Crippen LogP contribution in [0.25, 0.3) is 17.1 Å².